The SMILES string of the molecule is C.COC1(/C=C(\C)c2cccc(C3=CC4(Oc5cc6c(C)c(C)ccc6cc53)c3ccccc3-c3cc5ccccc5cc34)c2)c2ccccc2-c2cc3ccccc3cc21. The second-order valence-electron chi connectivity index (χ2n) is 16.9. The van der Waals surface area contributed by atoms with E-state index in [-0.39, 0.29) is 7.43 Å². The van der Waals surface area contributed by atoms with Gasteiger partial charge in [0.05, 0.1) is 0 Å². The van der Waals surface area contributed by atoms with Crippen molar-refractivity contribution >= 4 is 43.5 Å². The van der Waals surface area contributed by atoms with Crippen LogP contribution in [0.4, 0.5) is 0 Å². The number of benzene rings is 9. The van der Waals surface area contributed by atoms with Gasteiger partial charge < -0.3 is 9.47 Å². The molecular formula is C59H46O2. The minimum atomic E-state index is -0.829. The Morgan fingerprint density at radius 1 is 0.525 bits per heavy atom. The van der Waals surface area contributed by atoms with Gasteiger partial charge in [0.15, 0.2) is 5.60 Å². The topological polar surface area (TPSA) is 18.5 Å². The lowest BCUT2D eigenvalue weighted by Crippen LogP contribution is -2.33. The highest BCUT2D eigenvalue weighted by Crippen LogP contribution is 2.57. The van der Waals surface area contributed by atoms with Gasteiger partial charge in [-0.2, -0.15) is 0 Å². The van der Waals surface area contributed by atoms with Crippen LogP contribution in [0, 0.1) is 13.8 Å². The summed E-state index contributed by atoms with van der Waals surface area (Å²) in [4.78, 5) is 0. The van der Waals surface area contributed by atoms with Gasteiger partial charge in [0.25, 0.3) is 0 Å². The summed E-state index contributed by atoms with van der Waals surface area (Å²) in [6.45, 7) is 6.64. The molecule has 0 radical (unpaired) electrons. The molecule has 2 aliphatic carbocycles. The largest absolute Gasteiger partial charge is 0.473 e. The summed E-state index contributed by atoms with van der Waals surface area (Å²) in [5.74, 6) is 0.895. The molecule has 12 rings (SSSR count). The lowest BCUT2D eigenvalue weighted by Gasteiger charge is -2.36. The second kappa shape index (κ2) is 13.5. The first-order chi connectivity index (χ1) is 29.3. The first-order valence-electron chi connectivity index (χ1n) is 20.9. The summed E-state index contributed by atoms with van der Waals surface area (Å²) in [7, 11) is 1.85. The van der Waals surface area contributed by atoms with E-state index in [1.807, 2.05) is 7.11 Å². The van der Waals surface area contributed by atoms with E-state index in [0.29, 0.717) is 0 Å². The van der Waals surface area contributed by atoms with Crippen molar-refractivity contribution in [1.82, 2.24) is 0 Å². The van der Waals surface area contributed by atoms with Gasteiger partial charge >= 0.3 is 0 Å². The molecule has 3 aliphatic rings. The molecule has 2 atom stereocenters. The monoisotopic (exact) mass is 786 g/mol. The Morgan fingerprint density at radius 2 is 1.11 bits per heavy atom. The van der Waals surface area contributed by atoms with Crippen molar-refractivity contribution < 1.29 is 9.47 Å². The van der Waals surface area contributed by atoms with Crippen LogP contribution in [0.5, 0.6) is 5.75 Å². The molecule has 1 spiro atoms. The highest BCUT2D eigenvalue weighted by atomic mass is 16.5. The molecule has 2 nitrogen and oxygen atoms in total. The van der Waals surface area contributed by atoms with Crippen LogP contribution in [-0.4, -0.2) is 7.11 Å². The van der Waals surface area contributed by atoms with Crippen molar-refractivity contribution in [3.8, 4) is 28.0 Å². The van der Waals surface area contributed by atoms with Crippen LogP contribution in [0.15, 0.2) is 182 Å². The standard InChI is InChI=1S/C58H42O2.CH4/c1-35-24-25-44-29-50-51(34-58(60-56(50)32-47(44)37(35)3)53-23-12-10-21-46(53)49-28-40-15-6-8-17-42(40)31-55(49)58)43-19-13-18-38(26-43)36(2)33-57(59-4)52-22-11-9-20-45(52)48-27-39-14-5-7-16-41(39)30-54(48)57;/h5-34H,1-4H3;1H4/b36-33+;. The van der Waals surface area contributed by atoms with Gasteiger partial charge in [-0.25, -0.2) is 0 Å². The molecule has 0 fully saturated rings. The van der Waals surface area contributed by atoms with Gasteiger partial charge in [-0.05, 0) is 163 Å². The average Bonchev–Trinajstić information content (AvgIpc) is 3.70. The smallest absolute Gasteiger partial charge is 0.179 e. The highest BCUT2D eigenvalue weighted by molar-refractivity contribution is 6.00. The van der Waals surface area contributed by atoms with E-state index in [1.165, 1.54) is 88.0 Å². The lowest BCUT2D eigenvalue weighted by atomic mass is 9.81. The van der Waals surface area contributed by atoms with Gasteiger partial charge in [-0.3, -0.25) is 0 Å². The molecule has 1 heterocycles. The summed E-state index contributed by atoms with van der Waals surface area (Å²) in [6, 6.07) is 62.3. The van der Waals surface area contributed by atoms with Gasteiger partial charge in [0.2, 0.25) is 0 Å². The number of hydrogen-bond donors (Lipinski definition) is 0. The average molecular weight is 787 g/mol. The van der Waals surface area contributed by atoms with Crippen molar-refractivity contribution in [2.45, 2.75) is 39.4 Å². The molecule has 0 N–H and O–H groups in total. The molecule has 9 aromatic rings. The Kier molecular flexibility index (Phi) is 8.20. The zero-order chi connectivity index (χ0) is 40.3. The normalized spacial score (nSPS) is 18.2. The molecule has 0 amide bonds. The van der Waals surface area contributed by atoms with Gasteiger partial charge in [0.1, 0.15) is 11.4 Å². The third-order valence-corrected chi connectivity index (χ3v) is 13.7. The van der Waals surface area contributed by atoms with Crippen LogP contribution in [0.1, 0.15) is 64.4 Å². The van der Waals surface area contributed by atoms with E-state index >= 15 is 0 Å². The van der Waals surface area contributed by atoms with E-state index in [0.717, 1.165) is 33.6 Å². The van der Waals surface area contributed by atoms with Crippen molar-refractivity contribution in [3.05, 3.63) is 232 Å². The van der Waals surface area contributed by atoms with Crippen molar-refractivity contribution in [3.63, 3.8) is 0 Å². The molecule has 0 aromatic heterocycles. The van der Waals surface area contributed by atoms with E-state index in [9.17, 15) is 0 Å². The fraction of sp³-hybridized carbons (Fsp3) is 0.119. The van der Waals surface area contributed by atoms with Crippen LogP contribution in [0.2, 0.25) is 0 Å². The zero-order valence-corrected chi connectivity index (χ0v) is 34.1. The van der Waals surface area contributed by atoms with E-state index in [4.69, 9.17) is 9.47 Å². The Labute approximate surface area is 358 Å². The Hall–Kier alpha value is -7.00. The predicted molar refractivity (Wildman–Crippen MR) is 255 cm³/mol. The second-order valence-corrected chi connectivity index (χ2v) is 16.9. The minimum Gasteiger partial charge on any atom is -0.473 e. The predicted octanol–water partition coefficient (Wildman–Crippen LogP) is 15.1. The van der Waals surface area contributed by atoms with E-state index in [1.54, 1.807) is 0 Å². The van der Waals surface area contributed by atoms with Crippen LogP contribution in [0.3, 0.4) is 0 Å². The zero-order valence-electron chi connectivity index (χ0n) is 34.1. The molecule has 294 valence electrons. The Balaban J connectivity index is 0.00000420. The van der Waals surface area contributed by atoms with Crippen molar-refractivity contribution in [2.75, 3.05) is 7.11 Å². The number of rotatable bonds is 4. The third-order valence-electron chi connectivity index (χ3n) is 13.7. The van der Waals surface area contributed by atoms with Crippen molar-refractivity contribution in [2.24, 2.45) is 0 Å². The molecule has 1 aliphatic heterocycles. The number of allylic oxidation sites excluding steroid dienone is 1. The van der Waals surface area contributed by atoms with Crippen molar-refractivity contribution in [1.29, 1.82) is 0 Å². The lowest BCUT2D eigenvalue weighted by molar-refractivity contribution is 0.0699. The van der Waals surface area contributed by atoms with Crippen LogP contribution >= 0.6 is 0 Å². The van der Waals surface area contributed by atoms with Gasteiger partial charge in [-0.15, -0.1) is 0 Å². The molecule has 9 aromatic carbocycles. The molecule has 0 saturated heterocycles. The number of ether oxygens (including phenoxy) is 2. The fourth-order valence-electron chi connectivity index (χ4n) is 10.6. The van der Waals surface area contributed by atoms with Crippen LogP contribution < -0.4 is 4.74 Å². The molecule has 0 bridgehead atoms. The maximum atomic E-state index is 7.52. The number of fused-ring (bicyclic) bond motifs is 12. The van der Waals surface area contributed by atoms with Crippen LogP contribution in [-0.2, 0) is 15.9 Å². The van der Waals surface area contributed by atoms with E-state index in [2.05, 4.69) is 203 Å². The quantitative estimate of drug-likeness (QED) is 0.177. The summed E-state index contributed by atoms with van der Waals surface area (Å²) in [6.07, 6.45) is 4.75. The minimum absolute atomic E-state index is 0. The van der Waals surface area contributed by atoms with E-state index < -0.39 is 11.2 Å². The summed E-state index contributed by atoms with van der Waals surface area (Å²) in [5, 5.41) is 7.30. The Bertz CT molecular complexity index is 3380. The first kappa shape index (κ1) is 37.0. The molecular weight excluding hydrogens is 741 g/mol. The molecule has 2 unspecified atom stereocenters. The fourth-order valence-corrected chi connectivity index (χ4v) is 10.6. The number of methoxy groups -OCH3 is 1. The maximum Gasteiger partial charge on any atom is 0.179 e. The number of hydrogen-bond acceptors (Lipinski definition) is 2. The maximum absolute atomic E-state index is 7.52. The summed E-state index contributed by atoms with van der Waals surface area (Å²) >= 11 is 0. The Morgan fingerprint density at radius 3 is 1.82 bits per heavy atom. The summed E-state index contributed by atoms with van der Waals surface area (Å²) in [5.41, 5.74) is 16.2. The summed E-state index contributed by atoms with van der Waals surface area (Å²) < 4.78 is 14.2. The highest BCUT2D eigenvalue weighted by Gasteiger charge is 2.47. The van der Waals surface area contributed by atoms with Gasteiger partial charge in [-0.1, -0.05) is 135 Å². The first-order valence-corrected chi connectivity index (χ1v) is 20.9. The molecule has 0 saturated carbocycles. The molecule has 61 heavy (non-hydrogen) atoms. The number of aryl methyl sites for hydroxylation is 2. The molecule has 2 heteroatoms. The van der Waals surface area contributed by atoms with Gasteiger partial charge in [0, 0.05) is 34.9 Å². The van der Waals surface area contributed by atoms with Crippen LogP contribution in [0.25, 0.3) is 65.7 Å². The third kappa shape index (κ3) is 5.25.